The molecule has 0 aliphatic rings. The number of carbonyl (C=O) groups is 2. The van der Waals surface area contributed by atoms with E-state index in [1.807, 2.05) is 0 Å². The van der Waals surface area contributed by atoms with Crippen molar-refractivity contribution in [3.63, 3.8) is 0 Å². The number of ether oxygens (including phenoxy) is 1. The Bertz CT molecular complexity index is 903. The monoisotopic (exact) mass is 408 g/mol. The number of Topliss-reactive ketones (excluding diaryl/α,β-unsaturated/α-hetero) is 1. The van der Waals surface area contributed by atoms with Crippen molar-refractivity contribution in [1.29, 1.82) is 0 Å². The molecule has 1 aromatic heterocycles. The summed E-state index contributed by atoms with van der Waals surface area (Å²) in [6, 6.07) is 7.45. The third-order valence-electron chi connectivity index (χ3n) is 3.77. The number of pyridine rings is 1. The molecule has 0 radical (unpaired) electrons. The fraction of sp³-hybridized carbons (Fsp3) is 0.381. The van der Waals surface area contributed by atoms with Gasteiger partial charge in [0.15, 0.2) is 5.78 Å². The second kappa shape index (κ2) is 8.63. The summed E-state index contributed by atoms with van der Waals surface area (Å²) >= 11 is 0. The maximum Gasteiger partial charge on any atom is 0.412 e. The van der Waals surface area contributed by atoms with Gasteiger partial charge in [0, 0.05) is 18.2 Å². The number of alkyl halides is 3. The third kappa shape index (κ3) is 6.89. The highest BCUT2D eigenvalue weighted by Crippen LogP contribution is 2.28. The molecule has 1 heterocycles. The van der Waals surface area contributed by atoms with Crippen molar-refractivity contribution >= 4 is 17.6 Å². The lowest BCUT2D eigenvalue weighted by atomic mass is 10.0. The van der Waals surface area contributed by atoms with Crippen LogP contribution < -0.4 is 5.32 Å². The van der Waals surface area contributed by atoms with Gasteiger partial charge in [0.2, 0.25) is 0 Å². The number of rotatable bonds is 5. The Balaban J connectivity index is 2.41. The molecule has 0 saturated carbocycles. The fourth-order valence-electron chi connectivity index (χ4n) is 2.61. The predicted octanol–water partition coefficient (Wildman–Crippen LogP) is 5.79. The zero-order valence-electron chi connectivity index (χ0n) is 16.7. The molecular formula is C21H23F3N2O3. The predicted molar refractivity (Wildman–Crippen MR) is 104 cm³/mol. The van der Waals surface area contributed by atoms with Crippen molar-refractivity contribution in [3.8, 4) is 11.1 Å². The van der Waals surface area contributed by atoms with Gasteiger partial charge in [-0.3, -0.25) is 15.1 Å². The van der Waals surface area contributed by atoms with E-state index in [-0.39, 0.29) is 29.1 Å². The summed E-state index contributed by atoms with van der Waals surface area (Å²) in [5.74, 6) is -0.284. The lowest BCUT2D eigenvalue weighted by Crippen LogP contribution is -2.28. The highest BCUT2D eigenvalue weighted by molar-refractivity contribution is 6.02. The molecule has 0 saturated heterocycles. The van der Waals surface area contributed by atoms with Gasteiger partial charge in [-0.1, -0.05) is 31.2 Å². The highest BCUT2D eigenvalue weighted by atomic mass is 19.4. The number of ketones is 1. The quantitative estimate of drug-likeness (QED) is 0.636. The minimum atomic E-state index is -4.32. The minimum absolute atomic E-state index is 0.0635. The number of carbonyl (C=O) groups excluding carboxylic acids is 2. The zero-order valence-corrected chi connectivity index (χ0v) is 16.7. The Labute approximate surface area is 167 Å². The summed E-state index contributed by atoms with van der Waals surface area (Å²) in [4.78, 5) is 28.5. The van der Waals surface area contributed by atoms with E-state index in [1.165, 1.54) is 30.5 Å². The van der Waals surface area contributed by atoms with E-state index in [9.17, 15) is 22.8 Å². The van der Waals surface area contributed by atoms with E-state index in [2.05, 4.69) is 10.3 Å². The number of nitrogens with one attached hydrogen (secondary N) is 1. The number of benzene rings is 1. The van der Waals surface area contributed by atoms with E-state index in [0.717, 1.165) is 0 Å². The summed E-state index contributed by atoms with van der Waals surface area (Å²) in [6.45, 7) is 6.76. The second-order valence-corrected chi connectivity index (χ2v) is 7.52. The lowest BCUT2D eigenvalue weighted by Gasteiger charge is -2.20. The van der Waals surface area contributed by atoms with Crippen LogP contribution in [0.25, 0.3) is 11.1 Å². The van der Waals surface area contributed by atoms with Crippen LogP contribution in [-0.4, -0.2) is 28.6 Å². The van der Waals surface area contributed by atoms with E-state index < -0.39 is 24.3 Å². The molecule has 0 aliphatic heterocycles. The Morgan fingerprint density at radius 1 is 1.10 bits per heavy atom. The van der Waals surface area contributed by atoms with Gasteiger partial charge in [-0.25, -0.2) is 4.79 Å². The number of halogens is 3. The number of nitrogens with zero attached hydrogens (tertiary/aromatic N) is 1. The van der Waals surface area contributed by atoms with Crippen molar-refractivity contribution in [2.75, 3.05) is 5.32 Å². The molecule has 0 bridgehead atoms. The first-order valence-electron chi connectivity index (χ1n) is 9.07. The highest BCUT2D eigenvalue weighted by Gasteiger charge is 2.27. The van der Waals surface area contributed by atoms with Crippen molar-refractivity contribution in [3.05, 3.63) is 47.8 Å². The molecule has 0 unspecified atom stereocenters. The van der Waals surface area contributed by atoms with Crippen LogP contribution in [0.1, 0.15) is 50.2 Å². The largest absolute Gasteiger partial charge is 0.444 e. The van der Waals surface area contributed by atoms with Crippen LogP contribution in [0.2, 0.25) is 0 Å². The van der Waals surface area contributed by atoms with Gasteiger partial charge in [0.1, 0.15) is 11.3 Å². The van der Waals surface area contributed by atoms with Gasteiger partial charge in [0.25, 0.3) is 0 Å². The van der Waals surface area contributed by atoms with Gasteiger partial charge in [-0.05, 0) is 38.0 Å². The molecule has 0 fully saturated rings. The Kier molecular flexibility index (Phi) is 6.66. The van der Waals surface area contributed by atoms with Crippen LogP contribution in [-0.2, 0) is 11.2 Å². The minimum Gasteiger partial charge on any atom is -0.444 e. The van der Waals surface area contributed by atoms with E-state index >= 15 is 0 Å². The molecule has 1 aromatic carbocycles. The summed E-state index contributed by atoms with van der Waals surface area (Å²) < 4.78 is 43.3. The normalized spacial score (nSPS) is 11.8. The summed E-state index contributed by atoms with van der Waals surface area (Å²) in [5, 5.41) is 2.52. The molecule has 8 heteroatoms. The smallest absolute Gasteiger partial charge is 0.412 e. The molecule has 2 rings (SSSR count). The Morgan fingerprint density at radius 2 is 1.79 bits per heavy atom. The van der Waals surface area contributed by atoms with Crippen LogP contribution in [0, 0.1) is 0 Å². The van der Waals surface area contributed by atoms with E-state index in [4.69, 9.17) is 4.74 Å². The number of aromatic nitrogens is 1. The Morgan fingerprint density at radius 3 is 2.38 bits per heavy atom. The topological polar surface area (TPSA) is 68.3 Å². The first-order valence-corrected chi connectivity index (χ1v) is 9.07. The molecule has 5 nitrogen and oxygen atoms in total. The number of hydrogen-bond acceptors (Lipinski definition) is 4. The lowest BCUT2D eigenvalue weighted by molar-refractivity contribution is -0.127. The van der Waals surface area contributed by atoms with E-state index in [1.54, 1.807) is 33.8 Å². The molecule has 1 amide bonds. The molecule has 1 N–H and O–H groups in total. The van der Waals surface area contributed by atoms with Gasteiger partial charge < -0.3 is 4.74 Å². The summed E-state index contributed by atoms with van der Waals surface area (Å²) in [5.41, 5.74) is 0.522. The molecule has 29 heavy (non-hydrogen) atoms. The first-order chi connectivity index (χ1) is 13.4. The second-order valence-electron chi connectivity index (χ2n) is 7.52. The molecule has 156 valence electrons. The van der Waals surface area contributed by atoms with Crippen molar-refractivity contribution in [1.82, 2.24) is 4.98 Å². The standard InChI is InChI=1S/C21H23F3N2O3/c1-5-17(27)18-16(26-19(28)29-20(2,3)4)10-15(12-25-18)14-8-6-7-13(9-14)11-21(22,23)24/h6-10,12H,5,11H2,1-4H3,(H,26,28). The molecule has 0 atom stereocenters. The van der Waals surface area contributed by atoms with Crippen LogP contribution in [0.3, 0.4) is 0 Å². The molecular weight excluding hydrogens is 385 g/mol. The van der Waals surface area contributed by atoms with Crippen LogP contribution in [0.4, 0.5) is 23.7 Å². The van der Waals surface area contributed by atoms with Gasteiger partial charge in [0.05, 0.1) is 12.1 Å². The average Bonchev–Trinajstić information content (AvgIpc) is 2.58. The maximum atomic E-state index is 12.7. The van der Waals surface area contributed by atoms with Gasteiger partial charge in [-0.15, -0.1) is 0 Å². The average molecular weight is 408 g/mol. The molecule has 0 aliphatic carbocycles. The van der Waals surface area contributed by atoms with Crippen LogP contribution in [0.15, 0.2) is 36.5 Å². The van der Waals surface area contributed by atoms with Crippen molar-refractivity contribution < 1.29 is 27.5 Å². The van der Waals surface area contributed by atoms with Crippen LogP contribution >= 0.6 is 0 Å². The summed E-state index contributed by atoms with van der Waals surface area (Å²) in [7, 11) is 0. The summed E-state index contributed by atoms with van der Waals surface area (Å²) in [6.07, 6.45) is -4.55. The van der Waals surface area contributed by atoms with E-state index in [0.29, 0.717) is 11.1 Å². The fourth-order valence-corrected chi connectivity index (χ4v) is 2.61. The third-order valence-corrected chi connectivity index (χ3v) is 3.77. The van der Waals surface area contributed by atoms with Gasteiger partial charge in [-0.2, -0.15) is 13.2 Å². The van der Waals surface area contributed by atoms with Crippen molar-refractivity contribution in [2.45, 2.75) is 52.3 Å². The number of hydrogen-bond donors (Lipinski definition) is 1. The number of amides is 1. The molecule has 2 aromatic rings. The van der Waals surface area contributed by atoms with Crippen molar-refractivity contribution in [2.24, 2.45) is 0 Å². The zero-order chi connectivity index (χ0) is 21.8. The number of anilines is 1. The van der Waals surface area contributed by atoms with Crippen LogP contribution in [0.5, 0.6) is 0 Å². The maximum absolute atomic E-state index is 12.7. The Hall–Kier alpha value is -2.90. The molecule has 0 spiro atoms. The van der Waals surface area contributed by atoms with Gasteiger partial charge >= 0.3 is 12.3 Å². The SMILES string of the molecule is CCC(=O)c1ncc(-c2cccc(CC(F)(F)F)c2)cc1NC(=O)OC(C)(C)C. The first kappa shape index (κ1) is 22.4.